The summed E-state index contributed by atoms with van der Waals surface area (Å²) in [4.78, 5) is 16.1. The summed E-state index contributed by atoms with van der Waals surface area (Å²) in [7, 11) is 0. The molecule has 1 saturated carbocycles. The Morgan fingerprint density at radius 2 is 2.38 bits per heavy atom. The predicted octanol–water partition coefficient (Wildman–Crippen LogP) is 2.28. The Balaban J connectivity index is 2.06. The molecule has 0 aromatic carbocycles. The van der Waals surface area contributed by atoms with Crippen molar-refractivity contribution >= 4 is 17.5 Å². The molecule has 2 unspecified atom stereocenters. The van der Waals surface area contributed by atoms with Crippen molar-refractivity contribution in [1.29, 1.82) is 0 Å². The van der Waals surface area contributed by atoms with Crippen LogP contribution >= 0.6 is 11.6 Å². The quantitative estimate of drug-likeness (QED) is 0.804. The number of pyridine rings is 1. The largest absolute Gasteiger partial charge is 0.348 e. The molecule has 1 aliphatic carbocycles. The van der Waals surface area contributed by atoms with Crippen molar-refractivity contribution in [2.24, 2.45) is 0 Å². The number of halogens is 1. The second-order valence-corrected chi connectivity index (χ2v) is 4.72. The first kappa shape index (κ1) is 11.4. The normalized spacial score (nSPS) is 24.4. The van der Waals surface area contributed by atoms with E-state index in [1.54, 1.807) is 18.3 Å². The van der Waals surface area contributed by atoms with Crippen LogP contribution in [0.15, 0.2) is 18.3 Å². The monoisotopic (exact) mass is 238 g/mol. The lowest BCUT2D eigenvalue weighted by atomic mass is 10.1. The van der Waals surface area contributed by atoms with Crippen molar-refractivity contribution in [1.82, 2.24) is 10.3 Å². The van der Waals surface area contributed by atoms with Crippen LogP contribution in [0.2, 0.25) is 0 Å². The summed E-state index contributed by atoms with van der Waals surface area (Å²) in [5.41, 5.74) is 1.39. The first-order valence-corrected chi connectivity index (χ1v) is 5.98. The zero-order valence-electron chi connectivity index (χ0n) is 9.24. The van der Waals surface area contributed by atoms with Crippen LogP contribution in [0.25, 0.3) is 0 Å². The summed E-state index contributed by atoms with van der Waals surface area (Å²) in [5, 5.41) is 3.05. The van der Waals surface area contributed by atoms with E-state index < -0.39 is 0 Å². The Hall–Kier alpha value is -1.09. The fourth-order valence-electron chi connectivity index (χ4n) is 2.05. The number of aryl methyl sites for hydroxylation is 1. The van der Waals surface area contributed by atoms with Gasteiger partial charge in [-0.2, -0.15) is 0 Å². The number of amides is 1. The van der Waals surface area contributed by atoms with Crippen LogP contribution < -0.4 is 5.32 Å². The molecule has 2 rings (SSSR count). The molecule has 0 aliphatic heterocycles. The van der Waals surface area contributed by atoms with Crippen molar-refractivity contribution in [3.05, 3.63) is 29.6 Å². The third kappa shape index (κ3) is 2.35. The molecular weight excluding hydrogens is 224 g/mol. The molecule has 1 heterocycles. The second-order valence-electron chi connectivity index (χ2n) is 4.16. The van der Waals surface area contributed by atoms with E-state index in [4.69, 9.17) is 11.6 Å². The van der Waals surface area contributed by atoms with E-state index in [-0.39, 0.29) is 17.3 Å². The van der Waals surface area contributed by atoms with Gasteiger partial charge < -0.3 is 5.32 Å². The van der Waals surface area contributed by atoms with Crippen LogP contribution in [-0.4, -0.2) is 22.3 Å². The molecule has 0 saturated heterocycles. The minimum atomic E-state index is -0.0665. The fourth-order valence-corrected chi connectivity index (χ4v) is 2.39. The highest BCUT2D eigenvalue weighted by Crippen LogP contribution is 2.24. The number of hydrogen-bond acceptors (Lipinski definition) is 2. The van der Waals surface area contributed by atoms with Crippen molar-refractivity contribution in [3.63, 3.8) is 0 Å². The Labute approximate surface area is 100 Å². The summed E-state index contributed by atoms with van der Waals surface area (Å²) in [6, 6.07) is 3.67. The molecule has 1 amide bonds. The van der Waals surface area contributed by atoms with Gasteiger partial charge in [-0.05, 0) is 38.3 Å². The lowest BCUT2D eigenvalue weighted by Gasteiger charge is -2.16. The second kappa shape index (κ2) is 4.83. The Kier molecular flexibility index (Phi) is 3.44. The van der Waals surface area contributed by atoms with Gasteiger partial charge in [0, 0.05) is 17.9 Å². The number of carbonyl (C=O) groups excluding carboxylic acids is 1. The third-order valence-electron chi connectivity index (χ3n) is 3.00. The van der Waals surface area contributed by atoms with Crippen LogP contribution in [-0.2, 0) is 0 Å². The average Bonchev–Trinajstić information content (AvgIpc) is 2.65. The number of rotatable bonds is 2. The highest BCUT2D eigenvalue weighted by Gasteiger charge is 2.27. The Bertz CT molecular complexity index is 394. The molecule has 3 nitrogen and oxygen atoms in total. The van der Waals surface area contributed by atoms with Crippen LogP contribution in [0.3, 0.4) is 0 Å². The maximum absolute atomic E-state index is 12.0. The molecule has 1 aromatic heterocycles. The lowest BCUT2D eigenvalue weighted by molar-refractivity contribution is 0.0937. The summed E-state index contributed by atoms with van der Waals surface area (Å²) in [5.74, 6) is -0.0665. The fraction of sp³-hybridized carbons (Fsp3) is 0.500. The van der Waals surface area contributed by atoms with Gasteiger partial charge >= 0.3 is 0 Å². The predicted molar refractivity (Wildman–Crippen MR) is 63.7 cm³/mol. The Morgan fingerprint density at radius 3 is 3.00 bits per heavy atom. The van der Waals surface area contributed by atoms with E-state index in [0.717, 1.165) is 25.0 Å². The minimum Gasteiger partial charge on any atom is -0.348 e. The van der Waals surface area contributed by atoms with Gasteiger partial charge in [-0.3, -0.25) is 9.78 Å². The van der Waals surface area contributed by atoms with Crippen molar-refractivity contribution in [3.8, 4) is 0 Å². The molecule has 0 bridgehead atoms. The van der Waals surface area contributed by atoms with Crippen molar-refractivity contribution < 1.29 is 4.79 Å². The van der Waals surface area contributed by atoms with Gasteiger partial charge in [-0.25, -0.2) is 0 Å². The van der Waals surface area contributed by atoms with E-state index in [2.05, 4.69) is 10.3 Å². The summed E-state index contributed by atoms with van der Waals surface area (Å²) in [6.45, 7) is 1.84. The van der Waals surface area contributed by atoms with E-state index in [9.17, 15) is 4.79 Å². The molecule has 2 atom stereocenters. The van der Waals surface area contributed by atoms with Crippen LogP contribution in [0.4, 0.5) is 0 Å². The number of carbonyl (C=O) groups is 1. The molecule has 86 valence electrons. The van der Waals surface area contributed by atoms with Crippen LogP contribution in [0.5, 0.6) is 0 Å². The number of alkyl halides is 1. The molecule has 0 radical (unpaired) electrons. The molecule has 1 aromatic rings. The van der Waals surface area contributed by atoms with Gasteiger partial charge in [-0.1, -0.05) is 0 Å². The number of hydrogen-bond donors (Lipinski definition) is 1. The minimum absolute atomic E-state index is 0.0665. The zero-order chi connectivity index (χ0) is 11.5. The number of nitrogens with zero attached hydrogens (tertiary/aromatic N) is 1. The van der Waals surface area contributed by atoms with E-state index in [1.807, 2.05) is 6.92 Å². The van der Waals surface area contributed by atoms with Crippen molar-refractivity contribution in [2.75, 3.05) is 0 Å². The third-order valence-corrected chi connectivity index (χ3v) is 3.52. The van der Waals surface area contributed by atoms with E-state index >= 15 is 0 Å². The first-order chi connectivity index (χ1) is 7.68. The van der Waals surface area contributed by atoms with Gasteiger partial charge in [0.15, 0.2) is 0 Å². The topological polar surface area (TPSA) is 42.0 Å². The molecule has 1 N–H and O–H groups in total. The summed E-state index contributed by atoms with van der Waals surface area (Å²) in [6.07, 6.45) is 4.73. The van der Waals surface area contributed by atoms with Gasteiger partial charge in [0.1, 0.15) is 0 Å². The molecule has 0 spiro atoms. The van der Waals surface area contributed by atoms with Crippen LogP contribution in [0.1, 0.15) is 35.3 Å². The molecular formula is C12H15ClN2O. The molecule has 4 heteroatoms. The van der Waals surface area contributed by atoms with Gasteiger partial charge in [0.2, 0.25) is 0 Å². The maximum Gasteiger partial charge on any atom is 0.253 e. The van der Waals surface area contributed by atoms with E-state index in [0.29, 0.717) is 5.56 Å². The number of aromatic nitrogens is 1. The smallest absolute Gasteiger partial charge is 0.253 e. The lowest BCUT2D eigenvalue weighted by Crippen LogP contribution is -2.38. The summed E-state index contributed by atoms with van der Waals surface area (Å²) >= 11 is 6.12. The number of nitrogens with one attached hydrogen (secondary N) is 1. The van der Waals surface area contributed by atoms with Gasteiger partial charge in [-0.15, -0.1) is 11.6 Å². The highest BCUT2D eigenvalue weighted by molar-refractivity contribution is 6.21. The highest BCUT2D eigenvalue weighted by atomic mass is 35.5. The van der Waals surface area contributed by atoms with Crippen LogP contribution in [0, 0.1) is 6.92 Å². The maximum atomic E-state index is 12.0. The van der Waals surface area contributed by atoms with E-state index in [1.165, 1.54) is 0 Å². The first-order valence-electron chi connectivity index (χ1n) is 5.55. The van der Waals surface area contributed by atoms with Crippen molar-refractivity contribution in [2.45, 2.75) is 37.6 Å². The zero-order valence-corrected chi connectivity index (χ0v) is 10.00. The standard InChI is InChI=1S/C12H15ClN2O/c1-8-9(4-3-7-14-8)12(16)15-11-6-2-5-10(11)13/h3-4,7,10-11H,2,5-6H2,1H3,(H,15,16). The molecule has 16 heavy (non-hydrogen) atoms. The molecule has 1 aliphatic rings. The average molecular weight is 239 g/mol. The Morgan fingerprint density at radius 1 is 1.56 bits per heavy atom. The summed E-state index contributed by atoms with van der Waals surface area (Å²) < 4.78 is 0. The molecule has 1 fully saturated rings. The van der Waals surface area contributed by atoms with Gasteiger partial charge in [0.05, 0.1) is 10.9 Å². The SMILES string of the molecule is Cc1ncccc1C(=O)NC1CCCC1Cl. The van der Waals surface area contributed by atoms with Gasteiger partial charge in [0.25, 0.3) is 5.91 Å².